The molecule has 56 heavy (non-hydrogen) atoms. The van der Waals surface area contributed by atoms with Crippen LogP contribution in [0.15, 0.2) is 60.9 Å². The third-order valence-electron chi connectivity index (χ3n) is 11.6. The molecule has 5 atom stereocenters. The smallest absolute Gasteiger partial charge is 0.407 e. The minimum Gasteiger partial charge on any atom is -0.453 e. The first-order chi connectivity index (χ1) is 26.7. The number of ether oxygens (including phenoxy) is 2. The van der Waals surface area contributed by atoms with E-state index in [9.17, 15) is 19.5 Å². The van der Waals surface area contributed by atoms with Gasteiger partial charge in [0.1, 0.15) is 17.7 Å². The summed E-state index contributed by atoms with van der Waals surface area (Å²) < 4.78 is 9.75. The van der Waals surface area contributed by atoms with E-state index in [0.717, 1.165) is 65.1 Å². The molecular weight excluding hydrogens is 713 g/mol. The number of methoxy groups -OCH3 is 2. The number of carbonyl (C=O) groups excluding carboxylic acids is 3. The zero-order valence-electron chi connectivity index (χ0n) is 33.7. The van der Waals surface area contributed by atoms with Crippen LogP contribution in [0.25, 0.3) is 33.6 Å². The number of hydrogen-bond donors (Lipinski definition) is 5. The number of aliphatic hydroxyl groups is 1. The predicted molar refractivity (Wildman–Crippen MR) is 213 cm³/mol. The summed E-state index contributed by atoms with van der Waals surface area (Å²) in [6, 6.07) is 15.2. The first-order valence-corrected chi connectivity index (χ1v) is 19.5. The molecule has 2 saturated heterocycles. The molecule has 0 aliphatic carbocycles. The Labute approximate surface area is 328 Å². The number of aromatic amines is 2. The Balaban J connectivity index is 1.14. The van der Waals surface area contributed by atoms with E-state index in [1.807, 2.05) is 63.7 Å². The van der Waals surface area contributed by atoms with Crippen LogP contribution < -0.4 is 10.6 Å². The van der Waals surface area contributed by atoms with Gasteiger partial charge in [-0.25, -0.2) is 14.8 Å². The highest BCUT2D eigenvalue weighted by Crippen LogP contribution is 2.40. The van der Waals surface area contributed by atoms with Gasteiger partial charge in [0, 0.05) is 20.2 Å². The van der Waals surface area contributed by atoms with Crippen LogP contribution in [-0.2, 0) is 30.1 Å². The van der Waals surface area contributed by atoms with Gasteiger partial charge in [0.2, 0.25) is 18.2 Å². The summed E-state index contributed by atoms with van der Waals surface area (Å²) in [5.41, 5.74) is 4.51. The Morgan fingerprint density at radius 1 is 0.714 bits per heavy atom. The number of carbonyl (C=O) groups is 3. The van der Waals surface area contributed by atoms with Crippen LogP contribution in [0.4, 0.5) is 4.79 Å². The molecule has 0 radical (unpaired) electrons. The number of aromatic nitrogens is 4. The first-order valence-electron chi connectivity index (χ1n) is 19.5. The lowest BCUT2D eigenvalue weighted by atomic mass is 9.95. The van der Waals surface area contributed by atoms with Crippen molar-refractivity contribution in [3.8, 4) is 33.6 Å². The zero-order chi connectivity index (χ0) is 40.4. The fourth-order valence-corrected chi connectivity index (χ4v) is 8.10. The van der Waals surface area contributed by atoms with E-state index < -0.39 is 35.7 Å². The number of alkyl carbamates (subject to hydrolysis) is 1. The Morgan fingerprint density at radius 3 is 1.52 bits per heavy atom. The van der Waals surface area contributed by atoms with Crippen LogP contribution >= 0.6 is 0 Å². The molecule has 14 nitrogen and oxygen atoms in total. The average molecular weight is 769 g/mol. The second kappa shape index (κ2) is 16.6. The Kier molecular flexibility index (Phi) is 12.0. The number of likely N-dealkylation sites (tertiary alicyclic amines) is 2. The molecule has 2 aliphatic rings. The number of amides is 3. The van der Waals surface area contributed by atoms with Crippen molar-refractivity contribution >= 4 is 17.9 Å². The molecule has 5 N–H and O–H groups in total. The number of benzene rings is 2. The van der Waals surface area contributed by atoms with Gasteiger partial charge in [0.15, 0.2) is 0 Å². The van der Waals surface area contributed by atoms with Crippen LogP contribution in [-0.4, -0.2) is 98.6 Å². The van der Waals surface area contributed by atoms with E-state index >= 15 is 0 Å². The van der Waals surface area contributed by atoms with Crippen molar-refractivity contribution in [2.45, 2.75) is 96.8 Å². The van der Waals surface area contributed by atoms with Gasteiger partial charge in [-0.1, -0.05) is 76.2 Å². The molecule has 3 amide bonds. The number of nitrogens with one attached hydrogen (secondary N) is 4. The standard InChI is InChI=1S/C42H56N8O6/c1-25(2)33(47-39(53)55-7)35(51)49-21-9-19-41(49,5)37-43-23-31(45-37)29-15-11-27(12-16-29)28-13-17-30(18-14-28)32-24-44-38(46-32)42(6)20-10-22-50(42)36(52)34(26(3)4)48-40(54)56-8/h11-18,23-26,33-34,39,47,53H,9-10,19-22H2,1-8H3,(H,43,45)(H,44,46)(H,48,54)/t33-,34-,39?,41-,42-/m0/s1. The fraction of sp³-hybridized carbons (Fsp3) is 0.500. The van der Waals surface area contributed by atoms with Crippen molar-refractivity contribution < 1.29 is 29.0 Å². The minimum atomic E-state index is -1.23. The molecule has 14 heteroatoms. The van der Waals surface area contributed by atoms with E-state index in [1.165, 1.54) is 14.2 Å². The quantitative estimate of drug-likeness (QED) is 0.106. The Bertz CT molecular complexity index is 1990. The predicted octanol–water partition coefficient (Wildman–Crippen LogP) is 5.73. The second-order valence-corrected chi connectivity index (χ2v) is 16.0. The van der Waals surface area contributed by atoms with Crippen LogP contribution in [0.2, 0.25) is 0 Å². The third kappa shape index (κ3) is 7.95. The fourth-order valence-electron chi connectivity index (χ4n) is 8.10. The van der Waals surface area contributed by atoms with Crippen molar-refractivity contribution in [2.24, 2.45) is 11.8 Å². The summed E-state index contributed by atoms with van der Waals surface area (Å²) in [4.78, 5) is 59.7. The molecule has 1 unspecified atom stereocenters. The lowest BCUT2D eigenvalue weighted by Gasteiger charge is -2.37. The number of H-pyrrole nitrogens is 2. The number of hydrogen-bond acceptors (Lipinski definition) is 9. The van der Waals surface area contributed by atoms with E-state index in [1.54, 1.807) is 0 Å². The van der Waals surface area contributed by atoms with Crippen molar-refractivity contribution in [2.75, 3.05) is 27.3 Å². The highest BCUT2D eigenvalue weighted by molar-refractivity contribution is 5.87. The summed E-state index contributed by atoms with van der Waals surface area (Å²) in [5.74, 6) is 1.02. The summed E-state index contributed by atoms with van der Waals surface area (Å²) >= 11 is 0. The number of aliphatic hydroxyl groups excluding tert-OH is 1. The normalized spacial score (nSPS) is 21.4. The number of imidazole rings is 2. The summed E-state index contributed by atoms with van der Waals surface area (Å²) in [7, 11) is 2.68. The molecule has 6 rings (SSSR count). The molecule has 0 bridgehead atoms. The molecule has 0 spiro atoms. The SMILES string of the molecule is COC(=O)N[C@H](C(=O)N1CCC[C@@]1(C)c1ncc(-c2ccc(-c3ccc(-c4cnc([C@]5(C)CCCN5C(=O)[C@@H](NC(O)OC)C(C)C)[nH]4)cc3)cc2)[nH]1)C(C)C. The zero-order valence-corrected chi connectivity index (χ0v) is 33.7. The largest absolute Gasteiger partial charge is 0.453 e. The van der Waals surface area contributed by atoms with Crippen LogP contribution in [0.3, 0.4) is 0 Å². The van der Waals surface area contributed by atoms with Crippen LogP contribution in [0, 0.1) is 11.8 Å². The topological polar surface area (TPSA) is 178 Å². The average Bonchev–Trinajstić information content (AvgIpc) is 4.02. The van der Waals surface area contributed by atoms with Gasteiger partial charge >= 0.3 is 6.09 Å². The van der Waals surface area contributed by atoms with Gasteiger partial charge in [-0.2, -0.15) is 0 Å². The van der Waals surface area contributed by atoms with E-state index in [2.05, 4.69) is 69.1 Å². The maximum absolute atomic E-state index is 13.8. The molecule has 0 saturated carbocycles. The van der Waals surface area contributed by atoms with E-state index in [-0.39, 0.29) is 23.7 Å². The Morgan fingerprint density at radius 2 is 1.12 bits per heavy atom. The number of nitrogens with zero attached hydrogens (tertiary/aromatic N) is 4. The molecule has 2 aliphatic heterocycles. The highest BCUT2D eigenvalue weighted by Gasteiger charge is 2.47. The molecule has 2 aromatic carbocycles. The maximum Gasteiger partial charge on any atom is 0.407 e. The van der Waals surface area contributed by atoms with Crippen molar-refractivity contribution in [1.82, 2.24) is 40.4 Å². The van der Waals surface area contributed by atoms with Gasteiger partial charge in [-0.05, 0) is 73.6 Å². The van der Waals surface area contributed by atoms with E-state index in [0.29, 0.717) is 18.9 Å². The second-order valence-electron chi connectivity index (χ2n) is 16.0. The summed E-state index contributed by atoms with van der Waals surface area (Å²) in [6.07, 6.45) is 4.96. The van der Waals surface area contributed by atoms with Crippen LogP contribution in [0.5, 0.6) is 0 Å². The lowest BCUT2D eigenvalue weighted by Crippen LogP contribution is -2.56. The van der Waals surface area contributed by atoms with Gasteiger partial charge in [0.25, 0.3) is 0 Å². The molecule has 2 aromatic heterocycles. The molecule has 2 fully saturated rings. The van der Waals surface area contributed by atoms with Crippen LogP contribution in [0.1, 0.15) is 78.9 Å². The molecular formula is C42H56N8O6. The first kappa shape index (κ1) is 40.6. The van der Waals surface area contributed by atoms with Crippen molar-refractivity contribution in [3.63, 3.8) is 0 Å². The van der Waals surface area contributed by atoms with Crippen molar-refractivity contribution in [1.29, 1.82) is 0 Å². The minimum absolute atomic E-state index is 0.0598. The molecule has 4 heterocycles. The van der Waals surface area contributed by atoms with Gasteiger partial charge < -0.3 is 39.7 Å². The lowest BCUT2D eigenvalue weighted by molar-refractivity contribution is -0.147. The van der Waals surface area contributed by atoms with Gasteiger partial charge in [-0.15, -0.1) is 0 Å². The number of rotatable bonds is 13. The van der Waals surface area contributed by atoms with Gasteiger partial charge in [0.05, 0.1) is 48.0 Å². The van der Waals surface area contributed by atoms with E-state index in [4.69, 9.17) is 19.4 Å². The highest BCUT2D eigenvalue weighted by atomic mass is 16.6. The summed E-state index contributed by atoms with van der Waals surface area (Å²) in [6.45, 7) is 12.9. The van der Waals surface area contributed by atoms with Gasteiger partial charge in [-0.3, -0.25) is 14.9 Å². The molecule has 4 aromatic rings. The van der Waals surface area contributed by atoms with Crippen molar-refractivity contribution in [3.05, 3.63) is 72.6 Å². The monoisotopic (exact) mass is 768 g/mol. The summed E-state index contributed by atoms with van der Waals surface area (Å²) in [5, 5.41) is 15.7. The molecule has 300 valence electrons. The maximum atomic E-state index is 13.8. The Hall–Kier alpha value is -5.05. The third-order valence-corrected chi connectivity index (χ3v) is 11.6.